The molecule has 0 aliphatic carbocycles. The Balaban J connectivity index is 1.73. The fraction of sp³-hybridized carbons (Fsp3) is 0.263. The number of ether oxygens (including phenoxy) is 1. The van der Waals surface area contributed by atoms with E-state index in [9.17, 15) is 4.39 Å². The van der Waals surface area contributed by atoms with Crippen molar-refractivity contribution in [1.29, 1.82) is 0 Å². The number of H-pyrrole nitrogens is 1. The van der Waals surface area contributed by atoms with Gasteiger partial charge in [-0.1, -0.05) is 30.7 Å². The van der Waals surface area contributed by atoms with Gasteiger partial charge in [-0.25, -0.2) is 9.07 Å². The van der Waals surface area contributed by atoms with Crippen LogP contribution in [-0.4, -0.2) is 14.9 Å². The van der Waals surface area contributed by atoms with Gasteiger partial charge in [0.25, 0.3) is 0 Å². The van der Waals surface area contributed by atoms with Crippen LogP contribution in [0.2, 0.25) is 5.02 Å². The van der Waals surface area contributed by atoms with Crippen molar-refractivity contribution in [3.8, 4) is 5.75 Å². The summed E-state index contributed by atoms with van der Waals surface area (Å²) >= 11 is 11.4. The number of aromatic nitrogens is 3. The standard InChI is InChI=1S/C19H20ClFN4OS/c1-2-3-18-23-24-19(27)25(18)22-11-14-10-15(20)6-9-17(14)26-12-13-4-7-16(21)8-5-13/h4-10,22H,2-3,11-12H2,1H3,(H,24,27). The lowest BCUT2D eigenvalue weighted by molar-refractivity contribution is 0.303. The lowest BCUT2D eigenvalue weighted by Crippen LogP contribution is -2.18. The smallest absolute Gasteiger partial charge is 0.214 e. The lowest BCUT2D eigenvalue weighted by atomic mass is 10.2. The van der Waals surface area contributed by atoms with Gasteiger partial charge in [0, 0.05) is 17.0 Å². The van der Waals surface area contributed by atoms with E-state index < -0.39 is 0 Å². The Morgan fingerprint density at radius 2 is 2.04 bits per heavy atom. The second kappa shape index (κ2) is 9.01. The Morgan fingerprint density at radius 1 is 1.26 bits per heavy atom. The van der Waals surface area contributed by atoms with E-state index in [0.717, 1.165) is 29.8 Å². The highest BCUT2D eigenvalue weighted by Crippen LogP contribution is 2.24. The second-order valence-electron chi connectivity index (χ2n) is 6.03. The Morgan fingerprint density at radius 3 is 2.78 bits per heavy atom. The maximum Gasteiger partial charge on any atom is 0.214 e. The highest BCUT2D eigenvalue weighted by molar-refractivity contribution is 7.71. The summed E-state index contributed by atoms with van der Waals surface area (Å²) in [5.74, 6) is 1.27. The summed E-state index contributed by atoms with van der Waals surface area (Å²) in [6.07, 6.45) is 1.77. The van der Waals surface area contributed by atoms with Crippen molar-refractivity contribution >= 4 is 23.8 Å². The Kier molecular flexibility index (Phi) is 6.47. The number of aryl methyl sites for hydroxylation is 1. The summed E-state index contributed by atoms with van der Waals surface area (Å²) in [7, 11) is 0. The first-order valence-corrected chi connectivity index (χ1v) is 9.41. The molecule has 2 N–H and O–H groups in total. The van der Waals surface area contributed by atoms with Crippen LogP contribution in [0.4, 0.5) is 4.39 Å². The van der Waals surface area contributed by atoms with Crippen molar-refractivity contribution < 1.29 is 9.13 Å². The summed E-state index contributed by atoms with van der Waals surface area (Å²) in [5.41, 5.74) is 5.03. The van der Waals surface area contributed by atoms with Gasteiger partial charge in [-0.05, 0) is 54.5 Å². The molecule has 2 aromatic carbocycles. The number of rotatable bonds is 8. The zero-order chi connectivity index (χ0) is 19.2. The van der Waals surface area contributed by atoms with Crippen LogP contribution < -0.4 is 10.2 Å². The second-order valence-corrected chi connectivity index (χ2v) is 6.86. The predicted octanol–water partition coefficient (Wildman–Crippen LogP) is 5.01. The summed E-state index contributed by atoms with van der Waals surface area (Å²) in [4.78, 5) is 0. The number of aromatic amines is 1. The topological polar surface area (TPSA) is 54.9 Å². The number of nitrogens with zero attached hydrogens (tertiary/aromatic N) is 2. The van der Waals surface area contributed by atoms with Crippen molar-refractivity contribution in [1.82, 2.24) is 14.9 Å². The zero-order valence-electron chi connectivity index (χ0n) is 14.8. The Bertz CT molecular complexity index is 955. The van der Waals surface area contributed by atoms with Gasteiger partial charge in [0.05, 0.1) is 6.54 Å². The van der Waals surface area contributed by atoms with Crippen LogP contribution in [0, 0.1) is 10.6 Å². The number of halogens is 2. The van der Waals surface area contributed by atoms with Crippen LogP contribution in [0.5, 0.6) is 5.75 Å². The quantitative estimate of drug-likeness (QED) is 0.516. The van der Waals surface area contributed by atoms with Crippen molar-refractivity contribution in [3.63, 3.8) is 0 Å². The predicted molar refractivity (Wildman–Crippen MR) is 107 cm³/mol. The third-order valence-electron chi connectivity index (χ3n) is 3.97. The first-order valence-electron chi connectivity index (χ1n) is 8.62. The van der Waals surface area contributed by atoms with Crippen LogP contribution in [0.15, 0.2) is 42.5 Å². The van der Waals surface area contributed by atoms with E-state index in [2.05, 4.69) is 22.5 Å². The SMILES string of the molecule is CCCc1n[nH]c(=S)n1NCc1cc(Cl)ccc1OCc1ccc(F)cc1. The van der Waals surface area contributed by atoms with E-state index in [0.29, 0.717) is 28.7 Å². The fourth-order valence-corrected chi connectivity index (χ4v) is 3.03. The monoisotopic (exact) mass is 406 g/mol. The van der Waals surface area contributed by atoms with E-state index in [-0.39, 0.29) is 5.82 Å². The van der Waals surface area contributed by atoms with E-state index in [1.807, 2.05) is 12.1 Å². The fourth-order valence-electron chi connectivity index (χ4n) is 2.62. The Hall–Kier alpha value is -2.38. The molecule has 142 valence electrons. The lowest BCUT2D eigenvalue weighted by Gasteiger charge is -2.14. The number of hydrogen-bond acceptors (Lipinski definition) is 4. The van der Waals surface area contributed by atoms with Gasteiger partial charge in [0.1, 0.15) is 18.2 Å². The van der Waals surface area contributed by atoms with Gasteiger partial charge in [-0.3, -0.25) is 5.10 Å². The van der Waals surface area contributed by atoms with Crippen molar-refractivity contribution in [2.45, 2.75) is 32.9 Å². The number of nitrogens with one attached hydrogen (secondary N) is 2. The van der Waals surface area contributed by atoms with Gasteiger partial charge < -0.3 is 10.2 Å². The summed E-state index contributed by atoms with van der Waals surface area (Å²) in [6.45, 7) is 2.88. The maximum atomic E-state index is 13.0. The van der Waals surface area contributed by atoms with Gasteiger partial charge in [-0.15, -0.1) is 0 Å². The molecule has 1 heterocycles. The minimum Gasteiger partial charge on any atom is -0.489 e. The van der Waals surface area contributed by atoms with E-state index in [1.165, 1.54) is 12.1 Å². The molecular weight excluding hydrogens is 387 g/mol. The van der Waals surface area contributed by atoms with Crippen molar-refractivity contribution in [2.24, 2.45) is 0 Å². The van der Waals surface area contributed by atoms with Gasteiger partial charge in [0.2, 0.25) is 4.77 Å². The molecule has 0 amide bonds. The molecule has 3 aromatic rings. The molecule has 0 bridgehead atoms. The van der Waals surface area contributed by atoms with Crippen LogP contribution in [0.3, 0.4) is 0 Å². The van der Waals surface area contributed by atoms with E-state index in [1.54, 1.807) is 22.9 Å². The minimum atomic E-state index is -0.269. The van der Waals surface area contributed by atoms with Gasteiger partial charge >= 0.3 is 0 Å². The molecule has 0 unspecified atom stereocenters. The third kappa shape index (κ3) is 5.08. The molecule has 27 heavy (non-hydrogen) atoms. The average molecular weight is 407 g/mol. The maximum absolute atomic E-state index is 13.0. The average Bonchev–Trinajstić information content (AvgIpc) is 3.00. The van der Waals surface area contributed by atoms with Crippen LogP contribution in [-0.2, 0) is 19.6 Å². The van der Waals surface area contributed by atoms with Crippen LogP contribution in [0.1, 0.15) is 30.3 Å². The summed E-state index contributed by atoms with van der Waals surface area (Å²) in [6, 6.07) is 11.7. The molecular formula is C19H20ClFN4OS. The van der Waals surface area contributed by atoms with Crippen molar-refractivity contribution in [2.75, 3.05) is 5.43 Å². The minimum absolute atomic E-state index is 0.269. The van der Waals surface area contributed by atoms with Crippen LogP contribution >= 0.6 is 23.8 Å². The zero-order valence-corrected chi connectivity index (χ0v) is 16.4. The van der Waals surface area contributed by atoms with E-state index in [4.69, 9.17) is 28.6 Å². The normalized spacial score (nSPS) is 10.8. The molecule has 5 nitrogen and oxygen atoms in total. The number of benzene rings is 2. The van der Waals surface area contributed by atoms with Crippen molar-refractivity contribution in [3.05, 3.63) is 75.0 Å². The molecule has 0 aliphatic heterocycles. The largest absolute Gasteiger partial charge is 0.489 e. The molecule has 0 fully saturated rings. The highest BCUT2D eigenvalue weighted by Gasteiger charge is 2.09. The van der Waals surface area contributed by atoms with Gasteiger partial charge in [0.15, 0.2) is 5.82 Å². The molecule has 0 saturated heterocycles. The molecule has 8 heteroatoms. The molecule has 0 saturated carbocycles. The number of hydrogen-bond donors (Lipinski definition) is 2. The highest BCUT2D eigenvalue weighted by atomic mass is 35.5. The third-order valence-corrected chi connectivity index (χ3v) is 4.48. The summed E-state index contributed by atoms with van der Waals surface area (Å²) < 4.78 is 21.2. The molecule has 0 radical (unpaired) electrons. The molecule has 0 aliphatic rings. The van der Waals surface area contributed by atoms with E-state index >= 15 is 0 Å². The van der Waals surface area contributed by atoms with Crippen LogP contribution in [0.25, 0.3) is 0 Å². The molecule has 0 spiro atoms. The first kappa shape index (κ1) is 19.4. The molecule has 1 aromatic heterocycles. The first-order chi connectivity index (χ1) is 13.1. The van der Waals surface area contributed by atoms with Gasteiger partial charge in [-0.2, -0.15) is 5.10 Å². The Labute approximate surface area is 167 Å². The molecule has 3 rings (SSSR count). The summed E-state index contributed by atoms with van der Waals surface area (Å²) in [5, 5.41) is 7.65. The molecule has 0 atom stereocenters.